The lowest BCUT2D eigenvalue weighted by atomic mass is 9.79. The van der Waals surface area contributed by atoms with Crippen molar-refractivity contribution < 1.29 is 26.3 Å². The zero-order valence-electron chi connectivity index (χ0n) is 9.20. The van der Waals surface area contributed by atoms with Crippen molar-refractivity contribution in [3.05, 3.63) is 34.9 Å². The van der Waals surface area contributed by atoms with E-state index in [9.17, 15) is 26.3 Å². The van der Waals surface area contributed by atoms with Gasteiger partial charge < -0.3 is 0 Å². The molecule has 0 spiro atoms. The van der Waals surface area contributed by atoms with Gasteiger partial charge in [-0.15, -0.1) is 0 Å². The SMILES string of the molecule is FC(F)(F)c1cc(C2CCC2)cc(C(F)(F)F)c1. The van der Waals surface area contributed by atoms with Gasteiger partial charge in [0.15, 0.2) is 0 Å². The van der Waals surface area contributed by atoms with E-state index in [0.29, 0.717) is 12.8 Å². The first-order valence-electron chi connectivity index (χ1n) is 5.47. The largest absolute Gasteiger partial charge is 0.416 e. The molecule has 0 unspecified atom stereocenters. The molecule has 0 radical (unpaired) electrons. The average Bonchev–Trinajstić information content (AvgIpc) is 2.11. The minimum atomic E-state index is -4.75. The molecule has 0 aromatic heterocycles. The van der Waals surface area contributed by atoms with Crippen LogP contribution in [0.5, 0.6) is 0 Å². The smallest absolute Gasteiger partial charge is 0.166 e. The van der Waals surface area contributed by atoms with Crippen LogP contribution in [0.1, 0.15) is 41.9 Å². The minimum Gasteiger partial charge on any atom is -0.166 e. The second kappa shape index (κ2) is 4.17. The highest BCUT2D eigenvalue weighted by molar-refractivity contribution is 5.36. The number of rotatable bonds is 1. The quantitative estimate of drug-likeness (QED) is 0.629. The highest BCUT2D eigenvalue weighted by atomic mass is 19.4. The molecule has 1 saturated carbocycles. The van der Waals surface area contributed by atoms with E-state index in [0.717, 1.165) is 18.6 Å². The van der Waals surface area contributed by atoms with Crippen LogP contribution in [-0.4, -0.2) is 0 Å². The molecule has 0 heterocycles. The summed E-state index contributed by atoms with van der Waals surface area (Å²) in [6.07, 6.45) is -7.35. The van der Waals surface area contributed by atoms with Gasteiger partial charge in [-0.2, -0.15) is 26.3 Å². The molecule has 1 aliphatic carbocycles. The fraction of sp³-hybridized carbons (Fsp3) is 0.500. The van der Waals surface area contributed by atoms with E-state index in [4.69, 9.17) is 0 Å². The van der Waals surface area contributed by atoms with Crippen LogP contribution in [0.25, 0.3) is 0 Å². The van der Waals surface area contributed by atoms with E-state index in [-0.39, 0.29) is 17.5 Å². The number of hydrogen-bond acceptors (Lipinski definition) is 0. The maximum Gasteiger partial charge on any atom is 0.416 e. The van der Waals surface area contributed by atoms with Gasteiger partial charge in [0.2, 0.25) is 0 Å². The number of benzene rings is 1. The minimum absolute atomic E-state index is 0.142. The highest BCUT2D eigenvalue weighted by Gasteiger charge is 2.37. The molecule has 18 heavy (non-hydrogen) atoms. The molecule has 6 heteroatoms. The Morgan fingerprint density at radius 3 is 1.50 bits per heavy atom. The summed E-state index contributed by atoms with van der Waals surface area (Å²) in [6, 6.07) is 1.83. The lowest BCUT2D eigenvalue weighted by Crippen LogP contribution is -2.15. The summed E-state index contributed by atoms with van der Waals surface area (Å²) < 4.78 is 75.3. The van der Waals surface area contributed by atoms with Gasteiger partial charge in [0.1, 0.15) is 0 Å². The molecule has 1 fully saturated rings. The van der Waals surface area contributed by atoms with Gasteiger partial charge in [0, 0.05) is 0 Å². The Morgan fingerprint density at radius 1 is 0.778 bits per heavy atom. The zero-order chi connectivity index (χ0) is 13.6. The number of alkyl halides is 6. The lowest BCUT2D eigenvalue weighted by molar-refractivity contribution is -0.143. The van der Waals surface area contributed by atoms with Crippen molar-refractivity contribution in [2.24, 2.45) is 0 Å². The Bertz CT molecular complexity index is 407. The summed E-state index contributed by atoms with van der Waals surface area (Å²) in [4.78, 5) is 0. The molecule has 1 aromatic rings. The van der Waals surface area contributed by atoms with E-state index in [1.54, 1.807) is 0 Å². The first-order valence-corrected chi connectivity index (χ1v) is 5.47. The van der Waals surface area contributed by atoms with E-state index in [1.165, 1.54) is 0 Å². The Hall–Kier alpha value is -1.20. The molecule has 0 saturated heterocycles. The third kappa shape index (κ3) is 2.62. The van der Waals surface area contributed by atoms with E-state index >= 15 is 0 Å². The average molecular weight is 268 g/mol. The summed E-state index contributed by atoms with van der Waals surface area (Å²) in [5.74, 6) is -0.173. The van der Waals surface area contributed by atoms with Gasteiger partial charge in [-0.3, -0.25) is 0 Å². The van der Waals surface area contributed by atoms with Crippen molar-refractivity contribution >= 4 is 0 Å². The van der Waals surface area contributed by atoms with E-state index in [1.807, 2.05) is 0 Å². The topological polar surface area (TPSA) is 0 Å². The number of hydrogen-bond donors (Lipinski definition) is 0. The summed E-state index contributed by atoms with van der Waals surface area (Å²) in [7, 11) is 0. The van der Waals surface area contributed by atoms with Crippen LogP contribution in [0.15, 0.2) is 18.2 Å². The summed E-state index contributed by atoms with van der Waals surface area (Å²) in [5.41, 5.74) is -2.30. The van der Waals surface area contributed by atoms with Gasteiger partial charge in [-0.25, -0.2) is 0 Å². The van der Waals surface area contributed by atoms with Crippen LogP contribution in [0.3, 0.4) is 0 Å². The molecule has 100 valence electrons. The van der Waals surface area contributed by atoms with Crippen molar-refractivity contribution in [3.63, 3.8) is 0 Å². The third-order valence-corrected chi connectivity index (χ3v) is 3.19. The molecular formula is C12H10F6. The molecule has 2 rings (SSSR count). The highest BCUT2D eigenvalue weighted by Crippen LogP contribution is 2.42. The normalized spacial score (nSPS) is 17.7. The molecule has 0 amide bonds. The van der Waals surface area contributed by atoms with E-state index < -0.39 is 23.5 Å². The Labute approximate surface area is 99.6 Å². The number of halogens is 6. The van der Waals surface area contributed by atoms with Crippen LogP contribution in [-0.2, 0) is 12.4 Å². The van der Waals surface area contributed by atoms with Gasteiger partial charge in [0.25, 0.3) is 0 Å². The van der Waals surface area contributed by atoms with Gasteiger partial charge in [0.05, 0.1) is 11.1 Å². The second-order valence-corrected chi connectivity index (χ2v) is 4.47. The fourth-order valence-corrected chi connectivity index (χ4v) is 1.96. The van der Waals surface area contributed by atoms with Crippen LogP contribution in [0.2, 0.25) is 0 Å². The van der Waals surface area contributed by atoms with Gasteiger partial charge in [-0.05, 0) is 42.5 Å². The Kier molecular flexibility index (Phi) is 3.07. The molecule has 1 aromatic carbocycles. The predicted octanol–water partition coefficient (Wildman–Crippen LogP) is 4.99. The zero-order valence-corrected chi connectivity index (χ0v) is 9.20. The van der Waals surface area contributed by atoms with E-state index in [2.05, 4.69) is 0 Å². The van der Waals surface area contributed by atoms with Gasteiger partial charge >= 0.3 is 12.4 Å². The van der Waals surface area contributed by atoms with Crippen molar-refractivity contribution in [1.29, 1.82) is 0 Å². The molecular weight excluding hydrogens is 258 g/mol. The first-order chi connectivity index (χ1) is 8.18. The molecule has 1 aliphatic rings. The lowest BCUT2D eigenvalue weighted by Gasteiger charge is -2.27. The summed E-state index contributed by atoms with van der Waals surface area (Å²) in [6.45, 7) is 0. The second-order valence-electron chi connectivity index (χ2n) is 4.47. The maximum absolute atomic E-state index is 12.6. The fourth-order valence-electron chi connectivity index (χ4n) is 1.96. The predicted molar refractivity (Wildman–Crippen MR) is 53.0 cm³/mol. The van der Waals surface area contributed by atoms with Crippen molar-refractivity contribution in [2.45, 2.75) is 37.5 Å². The maximum atomic E-state index is 12.6. The van der Waals surface area contributed by atoms with Crippen molar-refractivity contribution in [3.8, 4) is 0 Å². The van der Waals surface area contributed by atoms with Crippen molar-refractivity contribution in [2.75, 3.05) is 0 Å². The first kappa shape index (κ1) is 13.2. The van der Waals surface area contributed by atoms with Crippen LogP contribution < -0.4 is 0 Å². The Morgan fingerprint density at radius 2 is 1.22 bits per heavy atom. The third-order valence-electron chi connectivity index (χ3n) is 3.19. The van der Waals surface area contributed by atoms with Gasteiger partial charge in [-0.1, -0.05) is 6.42 Å². The molecule has 0 N–H and O–H groups in total. The van der Waals surface area contributed by atoms with Crippen LogP contribution in [0.4, 0.5) is 26.3 Å². The molecule has 0 atom stereocenters. The molecule has 0 aliphatic heterocycles. The molecule has 0 bridgehead atoms. The standard InChI is InChI=1S/C12H10F6/c13-11(14,15)9-4-8(7-2-1-3-7)5-10(6-9)12(16,17)18/h4-7H,1-3H2. The van der Waals surface area contributed by atoms with Crippen molar-refractivity contribution in [1.82, 2.24) is 0 Å². The monoisotopic (exact) mass is 268 g/mol. The summed E-state index contributed by atoms with van der Waals surface area (Å²) in [5, 5.41) is 0. The summed E-state index contributed by atoms with van der Waals surface area (Å²) >= 11 is 0. The Balaban J connectivity index is 2.48. The van der Waals surface area contributed by atoms with Crippen LogP contribution >= 0.6 is 0 Å². The molecule has 0 nitrogen and oxygen atoms in total. The van der Waals surface area contributed by atoms with Crippen LogP contribution in [0, 0.1) is 0 Å².